The van der Waals surface area contributed by atoms with Gasteiger partial charge in [0.15, 0.2) is 0 Å². The molecule has 1 aliphatic carbocycles. The second-order valence-electron chi connectivity index (χ2n) is 7.43. The lowest BCUT2D eigenvalue weighted by molar-refractivity contribution is 0.102. The summed E-state index contributed by atoms with van der Waals surface area (Å²) in [7, 11) is 0. The topological polar surface area (TPSA) is 63.6 Å². The summed E-state index contributed by atoms with van der Waals surface area (Å²) in [5, 5.41) is 3.79. The molecule has 0 aliphatic heterocycles. The fourth-order valence-corrected chi connectivity index (χ4v) is 5.03. The van der Waals surface area contributed by atoms with Crippen molar-refractivity contribution in [2.75, 3.05) is 11.9 Å². The molecule has 1 unspecified atom stereocenters. The third kappa shape index (κ3) is 4.44. The number of benzene rings is 1. The number of aromatic nitrogens is 1. The van der Waals surface area contributed by atoms with Gasteiger partial charge < -0.3 is 10.1 Å². The molecule has 1 aliphatic rings. The summed E-state index contributed by atoms with van der Waals surface area (Å²) in [5.41, 5.74) is 3.26. The van der Waals surface area contributed by atoms with Gasteiger partial charge in [0.1, 0.15) is 10.8 Å². The molecule has 3 aromatic rings. The Morgan fingerprint density at radius 1 is 1.30 bits per heavy atom. The number of pyridine rings is 1. The van der Waals surface area contributed by atoms with Crippen molar-refractivity contribution in [1.82, 2.24) is 4.98 Å². The van der Waals surface area contributed by atoms with Gasteiger partial charge in [-0.25, -0.2) is 4.99 Å². The Hall–Kier alpha value is -2.99. The van der Waals surface area contributed by atoms with Crippen LogP contribution in [0.3, 0.4) is 0 Å². The van der Waals surface area contributed by atoms with Gasteiger partial charge >= 0.3 is 0 Å². The summed E-state index contributed by atoms with van der Waals surface area (Å²) in [6.07, 6.45) is 6.45. The quantitative estimate of drug-likeness (QED) is 0.524. The second-order valence-corrected chi connectivity index (χ2v) is 8.51. The van der Waals surface area contributed by atoms with E-state index in [9.17, 15) is 4.79 Å². The summed E-state index contributed by atoms with van der Waals surface area (Å²) < 4.78 is 5.67. The SMILES string of the molecule is CCOc1ccccc1NC(=O)c1c(N=Cc2ccccn2)sc2c1CCC(C)C2. The van der Waals surface area contributed by atoms with Gasteiger partial charge in [-0.05, 0) is 61.9 Å². The number of carbonyl (C=O) groups is 1. The minimum Gasteiger partial charge on any atom is -0.492 e. The zero-order valence-electron chi connectivity index (χ0n) is 17.2. The molecule has 1 amide bonds. The van der Waals surface area contributed by atoms with Crippen LogP contribution in [0.25, 0.3) is 0 Å². The van der Waals surface area contributed by atoms with Crippen molar-refractivity contribution < 1.29 is 9.53 Å². The van der Waals surface area contributed by atoms with Crippen molar-refractivity contribution in [3.8, 4) is 5.75 Å². The Kier molecular flexibility index (Phi) is 6.23. The van der Waals surface area contributed by atoms with Crippen molar-refractivity contribution >= 4 is 34.1 Å². The van der Waals surface area contributed by atoms with E-state index in [2.05, 4.69) is 22.2 Å². The highest BCUT2D eigenvalue weighted by Crippen LogP contribution is 2.41. The van der Waals surface area contributed by atoms with Gasteiger partial charge in [-0.3, -0.25) is 9.78 Å². The number of hydrogen-bond acceptors (Lipinski definition) is 5. The molecule has 0 saturated heterocycles. The molecule has 0 saturated carbocycles. The largest absolute Gasteiger partial charge is 0.492 e. The summed E-state index contributed by atoms with van der Waals surface area (Å²) >= 11 is 1.62. The molecule has 30 heavy (non-hydrogen) atoms. The number of hydrogen-bond donors (Lipinski definition) is 1. The molecular formula is C24H25N3O2S. The van der Waals surface area contributed by atoms with Crippen LogP contribution in [0.15, 0.2) is 53.7 Å². The Bertz CT molecular complexity index is 1060. The Labute approximate surface area is 180 Å². The van der Waals surface area contributed by atoms with Gasteiger partial charge in [0.2, 0.25) is 0 Å². The number of nitrogens with zero attached hydrogens (tertiary/aromatic N) is 2. The van der Waals surface area contributed by atoms with Gasteiger partial charge in [0, 0.05) is 11.1 Å². The summed E-state index contributed by atoms with van der Waals surface area (Å²) in [4.78, 5) is 23.6. The number of ether oxygens (including phenoxy) is 1. The number of fused-ring (bicyclic) bond motifs is 1. The first-order valence-electron chi connectivity index (χ1n) is 10.3. The average Bonchev–Trinajstić information content (AvgIpc) is 3.12. The highest BCUT2D eigenvalue weighted by molar-refractivity contribution is 7.16. The lowest BCUT2D eigenvalue weighted by Crippen LogP contribution is -2.17. The predicted octanol–water partition coefficient (Wildman–Crippen LogP) is 5.67. The van der Waals surface area contributed by atoms with E-state index < -0.39 is 0 Å². The van der Waals surface area contributed by atoms with E-state index in [-0.39, 0.29) is 5.91 Å². The molecular weight excluding hydrogens is 394 g/mol. The Balaban J connectivity index is 1.69. The number of nitrogens with one attached hydrogen (secondary N) is 1. The molecule has 0 spiro atoms. The lowest BCUT2D eigenvalue weighted by Gasteiger charge is -2.19. The summed E-state index contributed by atoms with van der Waals surface area (Å²) in [5.74, 6) is 1.16. The van der Waals surface area contributed by atoms with Crippen molar-refractivity contribution in [3.63, 3.8) is 0 Å². The predicted molar refractivity (Wildman–Crippen MR) is 123 cm³/mol. The number of rotatable bonds is 6. The molecule has 5 nitrogen and oxygen atoms in total. The van der Waals surface area contributed by atoms with Crippen LogP contribution in [-0.2, 0) is 12.8 Å². The van der Waals surface area contributed by atoms with E-state index >= 15 is 0 Å². The van der Waals surface area contributed by atoms with Gasteiger partial charge in [-0.1, -0.05) is 25.1 Å². The Morgan fingerprint density at radius 3 is 2.93 bits per heavy atom. The molecule has 1 N–H and O–H groups in total. The van der Waals surface area contributed by atoms with Crippen LogP contribution in [0.1, 0.15) is 46.8 Å². The fraction of sp³-hybridized carbons (Fsp3) is 0.292. The van der Waals surface area contributed by atoms with Crippen LogP contribution in [0.5, 0.6) is 5.75 Å². The summed E-state index contributed by atoms with van der Waals surface area (Å²) in [6.45, 7) is 4.73. The molecule has 1 atom stereocenters. The first-order valence-corrected chi connectivity index (χ1v) is 11.1. The van der Waals surface area contributed by atoms with Crippen molar-refractivity contribution in [3.05, 3.63) is 70.4 Å². The normalized spacial score (nSPS) is 15.7. The zero-order valence-corrected chi connectivity index (χ0v) is 18.0. The molecule has 6 heteroatoms. The minimum atomic E-state index is -0.137. The van der Waals surface area contributed by atoms with E-state index in [4.69, 9.17) is 4.74 Å². The van der Waals surface area contributed by atoms with E-state index in [1.165, 1.54) is 4.88 Å². The average molecular weight is 420 g/mol. The third-order valence-corrected chi connectivity index (χ3v) is 6.32. The number of carbonyl (C=O) groups excluding carboxylic acids is 1. The monoisotopic (exact) mass is 419 g/mol. The molecule has 2 heterocycles. The van der Waals surface area contributed by atoms with E-state index in [0.717, 1.165) is 35.5 Å². The van der Waals surface area contributed by atoms with Gasteiger partial charge in [0.05, 0.1) is 29.8 Å². The number of para-hydroxylation sites is 2. The van der Waals surface area contributed by atoms with E-state index in [1.54, 1.807) is 23.7 Å². The van der Waals surface area contributed by atoms with Crippen molar-refractivity contribution in [1.29, 1.82) is 0 Å². The maximum absolute atomic E-state index is 13.4. The molecule has 4 rings (SSSR count). The van der Waals surface area contributed by atoms with E-state index in [1.807, 2.05) is 49.4 Å². The first kappa shape index (κ1) is 20.3. The van der Waals surface area contributed by atoms with Crippen LogP contribution >= 0.6 is 11.3 Å². The van der Waals surface area contributed by atoms with Gasteiger partial charge in [0.25, 0.3) is 5.91 Å². The Morgan fingerprint density at radius 2 is 2.13 bits per heavy atom. The van der Waals surface area contributed by atoms with Crippen LogP contribution < -0.4 is 10.1 Å². The molecule has 1 aromatic carbocycles. The standard InChI is InChI=1S/C24H25N3O2S/c1-3-29-20-10-5-4-9-19(20)27-23(28)22-18-12-11-16(2)14-21(18)30-24(22)26-15-17-8-6-7-13-25-17/h4-10,13,15-16H,3,11-12,14H2,1-2H3,(H,27,28). The lowest BCUT2D eigenvalue weighted by atomic mass is 9.88. The van der Waals surface area contributed by atoms with Crippen LogP contribution in [0.4, 0.5) is 10.7 Å². The smallest absolute Gasteiger partial charge is 0.259 e. The second kappa shape index (κ2) is 9.22. The zero-order chi connectivity index (χ0) is 20.9. The first-order chi connectivity index (χ1) is 14.7. The fourth-order valence-electron chi connectivity index (χ4n) is 3.67. The van der Waals surface area contributed by atoms with Crippen molar-refractivity contribution in [2.45, 2.75) is 33.1 Å². The van der Waals surface area contributed by atoms with Gasteiger partial charge in [-0.2, -0.15) is 0 Å². The van der Waals surface area contributed by atoms with Crippen LogP contribution in [0, 0.1) is 5.92 Å². The maximum atomic E-state index is 13.4. The molecule has 154 valence electrons. The van der Waals surface area contributed by atoms with Crippen LogP contribution in [0.2, 0.25) is 0 Å². The molecule has 0 fully saturated rings. The highest BCUT2D eigenvalue weighted by atomic mass is 32.1. The van der Waals surface area contributed by atoms with Gasteiger partial charge in [-0.15, -0.1) is 11.3 Å². The summed E-state index contributed by atoms with van der Waals surface area (Å²) in [6, 6.07) is 13.2. The minimum absolute atomic E-state index is 0.137. The van der Waals surface area contributed by atoms with E-state index in [0.29, 0.717) is 29.5 Å². The van der Waals surface area contributed by atoms with Crippen LogP contribution in [-0.4, -0.2) is 23.7 Å². The highest BCUT2D eigenvalue weighted by Gasteiger charge is 2.27. The number of anilines is 1. The maximum Gasteiger partial charge on any atom is 0.259 e. The molecule has 2 aromatic heterocycles. The third-order valence-electron chi connectivity index (χ3n) is 5.16. The molecule has 0 radical (unpaired) electrons. The number of aliphatic imine (C=N–C) groups is 1. The number of amides is 1. The molecule has 0 bridgehead atoms. The number of thiophene rings is 1. The van der Waals surface area contributed by atoms with Crippen molar-refractivity contribution in [2.24, 2.45) is 10.9 Å².